The molecule has 0 atom stereocenters. The molecule has 0 saturated heterocycles. The second-order valence-electron chi connectivity index (χ2n) is 4.57. The number of hydrogen-bond donors (Lipinski definition) is 2. The molecule has 1 fully saturated rings. The van der Waals surface area contributed by atoms with Crippen molar-refractivity contribution in [2.75, 3.05) is 5.73 Å². The number of aromatic nitrogens is 2. The Balaban J connectivity index is 2.11. The van der Waals surface area contributed by atoms with Gasteiger partial charge >= 0.3 is 0 Å². The molecular formula is C13H14N4O. The molecule has 0 aliphatic heterocycles. The van der Waals surface area contributed by atoms with E-state index in [0.29, 0.717) is 22.9 Å². The molecule has 1 amide bonds. The minimum atomic E-state index is -0.499. The van der Waals surface area contributed by atoms with Crippen LogP contribution in [0.15, 0.2) is 30.5 Å². The standard InChI is InChI=1S/C13H14N4O/c14-10-3-1-2-9(13(15)18)12(10)17-7-6-11(16-17)8-4-5-8/h1-3,6-8H,4-5,14H2,(H2,15,18). The Morgan fingerprint density at radius 3 is 2.78 bits per heavy atom. The molecule has 1 aromatic heterocycles. The Morgan fingerprint density at radius 1 is 1.33 bits per heavy atom. The van der Waals surface area contributed by atoms with Gasteiger partial charge in [-0.15, -0.1) is 0 Å². The zero-order valence-electron chi connectivity index (χ0n) is 9.84. The second-order valence-corrected chi connectivity index (χ2v) is 4.57. The number of hydrogen-bond acceptors (Lipinski definition) is 3. The van der Waals surface area contributed by atoms with Crippen LogP contribution < -0.4 is 11.5 Å². The topological polar surface area (TPSA) is 86.9 Å². The van der Waals surface area contributed by atoms with Crippen molar-refractivity contribution in [1.29, 1.82) is 0 Å². The summed E-state index contributed by atoms with van der Waals surface area (Å²) >= 11 is 0. The van der Waals surface area contributed by atoms with E-state index in [2.05, 4.69) is 5.10 Å². The van der Waals surface area contributed by atoms with Gasteiger partial charge in [-0.05, 0) is 31.0 Å². The van der Waals surface area contributed by atoms with Gasteiger partial charge in [0.1, 0.15) is 5.69 Å². The summed E-state index contributed by atoms with van der Waals surface area (Å²) in [6.07, 6.45) is 4.19. The number of anilines is 1. The first-order valence-electron chi connectivity index (χ1n) is 5.91. The number of nitrogen functional groups attached to an aromatic ring is 1. The van der Waals surface area contributed by atoms with E-state index in [1.807, 2.05) is 12.3 Å². The van der Waals surface area contributed by atoms with E-state index in [4.69, 9.17) is 11.5 Å². The van der Waals surface area contributed by atoms with Crippen molar-refractivity contribution < 1.29 is 4.79 Å². The SMILES string of the molecule is NC(=O)c1cccc(N)c1-n1ccc(C2CC2)n1. The molecule has 1 aliphatic rings. The molecule has 2 aromatic rings. The molecule has 92 valence electrons. The van der Waals surface area contributed by atoms with E-state index in [1.165, 1.54) is 12.8 Å². The molecule has 0 bridgehead atoms. The Hall–Kier alpha value is -2.30. The van der Waals surface area contributed by atoms with E-state index in [9.17, 15) is 4.79 Å². The van der Waals surface area contributed by atoms with Crippen molar-refractivity contribution in [3.8, 4) is 5.69 Å². The van der Waals surface area contributed by atoms with Crippen LogP contribution in [0.2, 0.25) is 0 Å². The summed E-state index contributed by atoms with van der Waals surface area (Å²) < 4.78 is 1.64. The van der Waals surface area contributed by atoms with Crippen LogP contribution in [-0.4, -0.2) is 15.7 Å². The van der Waals surface area contributed by atoms with Crippen LogP contribution >= 0.6 is 0 Å². The molecule has 0 spiro atoms. The average molecular weight is 242 g/mol. The number of carbonyl (C=O) groups is 1. The van der Waals surface area contributed by atoms with Gasteiger partial charge in [0.25, 0.3) is 5.91 Å². The van der Waals surface area contributed by atoms with Crippen LogP contribution in [0.3, 0.4) is 0 Å². The predicted octanol–water partition coefficient (Wildman–Crippen LogP) is 1.43. The van der Waals surface area contributed by atoms with Gasteiger partial charge in [0.2, 0.25) is 0 Å². The van der Waals surface area contributed by atoms with E-state index in [1.54, 1.807) is 22.9 Å². The molecule has 5 nitrogen and oxygen atoms in total. The molecule has 5 heteroatoms. The maximum absolute atomic E-state index is 11.4. The summed E-state index contributed by atoms with van der Waals surface area (Å²) in [4.78, 5) is 11.4. The lowest BCUT2D eigenvalue weighted by molar-refractivity contribution is 0.1000. The highest BCUT2D eigenvalue weighted by Crippen LogP contribution is 2.39. The fourth-order valence-corrected chi connectivity index (χ4v) is 2.08. The van der Waals surface area contributed by atoms with Gasteiger partial charge in [-0.3, -0.25) is 4.79 Å². The summed E-state index contributed by atoms with van der Waals surface area (Å²) in [5.74, 6) is 0.0639. The van der Waals surface area contributed by atoms with Crippen LogP contribution in [0.1, 0.15) is 34.8 Å². The zero-order chi connectivity index (χ0) is 12.7. The maximum atomic E-state index is 11.4. The molecule has 1 aromatic carbocycles. The van der Waals surface area contributed by atoms with Crippen LogP contribution in [-0.2, 0) is 0 Å². The van der Waals surface area contributed by atoms with E-state index in [0.717, 1.165) is 5.69 Å². The largest absolute Gasteiger partial charge is 0.397 e. The first-order valence-corrected chi connectivity index (χ1v) is 5.91. The number of primary amides is 1. The minimum Gasteiger partial charge on any atom is -0.397 e. The first-order chi connectivity index (χ1) is 8.66. The monoisotopic (exact) mass is 242 g/mol. The Labute approximate surface area is 104 Å². The molecule has 0 unspecified atom stereocenters. The highest BCUT2D eigenvalue weighted by atomic mass is 16.1. The van der Waals surface area contributed by atoms with Gasteiger partial charge in [0.05, 0.1) is 16.9 Å². The summed E-state index contributed by atoms with van der Waals surface area (Å²) in [5.41, 5.74) is 13.8. The Kier molecular flexibility index (Phi) is 2.33. The summed E-state index contributed by atoms with van der Waals surface area (Å²) in [6.45, 7) is 0. The van der Waals surface area contributed by atoms with Crippen LogP contribution in [0.4, 0.5) is 5.69 Å². The van der Waals surface area contributed by atoms with Crippen molar-refractivity contribution in [3.63, 3.8) is 0 Å². The first kappa shape index (κ1) is 10.8. The lowest BCUT2D eigenvalue weighted by atomic mass is 10.1. The lowest BCUT2D eigenvalue weighted by Crippen LogP contribution is -2.16. The van der Waals surface area contributed by atoms with Gasteiger partial charge in [0, 0.05) is 12.1 Å². The number of amides is 1. The van der Waals surface area contributed by atoms with Crippen molar-refractivity contribution in [3.05, 3.63) is 41.7 Å². The van der Waals surface area contributed by atoms with Gasteiger partial charge in [-0.1, -0.05) is 6.07 Å². The smallest absolute Gasteiger partial charge is 0.250 e. The number of nitrogens with two attached hydrogens (primary N) is 2. The quantitative estimate of drug-likeness (QED) is 0.798. The Bertz CT molecular complexity index is 613. The zero-order valence-corrected chi connectivity index (χ0v) is 9.84. The normalized spacial score (nSPS) is 14.7. The van der Waals surface area contributed by atoms with Crippen molar-refractivity contribution in [2.45, 2.75) is 18.8 Å². The molecule has 18 heavy (non-hydrogen) atoms. The highest BCUT2D eigenvalue weighted by Gasteiger charge is 2.26. The van der Waals surface area contributed by atoms with E-state index < -0.39 is 5.91 Å². The van der Waals surface area contributed by atoms with E-state index in [-0.39, 0.29) is 0 Å². The number of rotatable bonds is 3. The van der Waals surface area contributed by atoms with E-state index >= 15 is 0 Å². The third kappa shape index (κ3) is 1.73. The summed E-state index contributed by atoms with van der Waals surface area (Å²) in [5, 5.41) is 4.48. The van der Waals surface area contributed by atoms with Crippen molar-refractivity contribution in [1.82, 2.24) is 9.78 Å². The molecule has 4 N–H and O–H groups in total. The number of carbonyl (C=O) groups excluding carboxylic acids is 1. The van der Waals surface area contributed by atoms with Crippen molar-refractivity contribution in [2.24, 2.45) is 5.73 Å². The number of para-hydroxylation sites is 1. The highest BCUT2D eigenvalue weighted by molar-refractivity contribution is 5.98. The number of benzene rings is 1. The number of nitrogens with zero attached hydrogens (tertiary/aromatic N) is 2. The van der Waals surface area contributed by atoms with Gasteiger partial charge in [-0.25, -0.2) is 4.68 Å². The minimum absolute atomic E-state index is 0.389. The molecule has 1 aliphatic carbocycles. The lowest BCUT2D eigenvalue weighted by Gasteiger charge is -2.09. The Morgan fingerprint density at radius 2 is 2.11 bits per heavy atom. The van der Waals surface area contributed by atoms with Crippen LogP contribution in [0.25, 0.3) is 5.69 Å². The fourth-order valence-electron chi connectivity index (χ4n) is 2.08. The molecule has 1 saturated carbocycles. The van der Waals surface area contributed by atoms with Gasteiger partial charge in [-0.2, -0.15) is 5.10 Å². The molecular weight excluding hydrogens is 228 g/mol. The molecule has 1 heterocycles. The fraction of sp³-hybridized carbons (Fsp3) is 0.231. The van der Waals surface area contributed by atoms with Gasteiger partial charge in [0.15, 0.2) is 0 Å². The molecule has 0 radical (unpaired) electrons. The maximum Gasteiger partial charge on any atom is 0.250 e. The van der Waals surface area contributed by atoms with Crippen LogP contribution in [0.5, 0.6) is 0 Å². The summed E-state index contributed by atoms with van der Waals surface area (Å²) in [6, 6.07) is 7.08. The van der Waals surface area contributed by atoms with Crippen molar-refractivity contribution >= 4 is 11.6 Å². The predicted molar refractivity (Wildman–Crippen MR) is 68.5 cm³/mol. The van der Waals surface area contributed by atoms with Crippen LogP contribution in [0, 0.1) is 0 Å². The summed E-state index contributed by atoms with van der Waals surface area (Å²) in [7, 11) is 0. The molecule has 3 rings (SSSR count). The third-order valence-corrected chi connectivity index (χ3v) is 3.17. The third-order valence-electron chi connectivity index (χ3n) is 3.17. The second kappa shape index (κ2) is 3.87. The van der Waals surface area contributed by atoms with Gasteiger partial charge < -0.3 is 11.5 Å². The average Bonchev–Trinajstić information content (AvgIpc) is 3.08.